The van der Waals surface area contributed by atoms with Crippen molar-refractivity contribution in [3.05, 3.63) is 59.9 Å². The van der Waals surface area contributed by atoms with Crippen LogP contribution in [0.25, 0.3) is 22.5 Å². The molecule has 0 aliphatic rings. The first-order valence-electron chi connectivity index (χ1n) is 6.24. The van der Waals surface area contributed by atoms with Gasteiger partial charge >= 0.3 is 0 Å². The Bertz CT molecular complexity index is 750. The van der Waals surface area contributed by atoms with Crippen molar-refractivity contribution < 1.29 is 8.91 Å². The first-order valence-corrected chi connectivity index (χ1v) is 6.24. The maximum atomic E-state index is 13.5. The maximum Gasteiger partial charge on any atom is 0.177 e. The Labute approximate surface area is 115 Å². The second kappa shape index (κ2) is 4.81. The number of anilines is 1. The Morgan fingerprint density at radius 2 is 1.85 bits per heavy atom. The molecule has 20 heavy (non-hydrogen) atoms. The van der Waals surface area contributed by atoms with E-state index in [1.54, 1.807) is 6.07 Å². The summed E-state index contributed by atoms with van der Waals surface area (Å²) in [6.45, 7) is 1.89. The van der Waals surface area contributed by atoms with Crippen LogP contribution in [0.2, 0.25) is 0 Å². The summed E-state index contributed by atoms with van der Waals surface area (Å²) in [5.74, 6) is 0.472. The first-order chi connectivity index (χ1) is 9.66. The fourth-order valence-corrected chi connectivity index (χ4v) is 2.21. The smallest absolute Gasteiger partial charge is 0.177 e. The predicted molar refractivity (Wildman–Crippen MR) is 76.5 cm³/mol. The molecule has 0 aliphatic heterocycles. The Morgan fingerprint density at radius 1 is 1.10 bits per heavy atom. The van der Waals surface area contributed by atoms with E-state index in [0.29, 0.717) is 22.7 Å². The summed E-state index contributed by atoms with van der Waals surface area (Å²) in [5.41, 5.74) is 9.05. The quantitative estimate of drug-likeness (QED) is 0.763. The van der Waals surface area contributed by atoms with Crippen molar-refractivity contribution in [3.63, 3.8) is 0 Å². The second-order valence-corrected chi connectivity index (χ2v) is 4.60. The van der Waals surface area contributed by atoms with Crippen molar-refractivity contribution in [3.8, 4) is 22.5 Å². The number of nitrogens with zero attached hydrogens (tertiary/aromatic N) is 1. The molecular formula is C16H13FN2O. The Kier molecular flexibility index (Phi) is 2.99. The van der Waals surface area contributed by atoms with E-state index >= 15 is 0 Å². The van der Waals surface area contributed by atoms with Gasteiger partial charge in [-0.05, 0) is 30.2 Å². The summed E-state index contributed by atoms with van der Waals surface area (Å²) in [6.07, 6.45) is 0. The van der Waals surface area contributed by atoms with Crippen LogP contribution in [0.3, 0.4) is 0 Å². The monoisotopic (exact) mass is 268 g/mol. The second-order valence-electron chi connectivity index (χ2n) is 4.60. The number of aryl methyl sites for hydroxylation is 1. The van der Waals surface area contributed by atoms with Gasteiger partial charge in [0, 0.05) is 5.56 Å². The van der Waals surface area contributed by atoms with E-state index in [0.717, 1.165) is 11.1 Å². The minimum atomic E-state index is -0.320. The topological polar surface area (TPSA) is 52.0 Å². The fourth-order valence-electron chi connectivity index (χ4n) is 2.21. The average molecular weight is 268 g/mol. The zero-order chi connectivity index (χ0) is 14.1. The van der Waals surface area contributed by atoms with Crippen LogP contribution < -0.4 is 5.73 Å². The summed E-state index contributed by atoms with van der Waals surface area (Å²) in [4.78, 5) is 0. The van der Waals surface area contributed by atoms with Gasteiger partial charge in [0.15, 0.2) is 11.6 Å². The molecule has 4 heteroatoms. The van der Waals surface area contributed by atoms with Crippen molar-refractivity contribution in [2.75, 3.05) is 5.73 Å². The van der Waals surface area contributed by atoms with Crippen LogP contribution in [0, 0.1) is 12.7 Å². The number of hydrogen-bond donors (Lipinski definition) is 1. The first kappa shape index (κ1) is 12.4. The van der Waals surface area contributed by atoms with Gasteiger partial charge in [-0.15, -0.1) is 0 Å². The molecule has 0 fully saturated rings. The molecule has 1 heterocycles. The highest BCUT2D eigenvalue weighted by Gasteiger charge is 2.19. The fraction of sp³-hybridized carbons (Fsp3) is 0.0625. The molecule has 0 amide bonds. The van der Waals surface area contributed by atoms with E-state index in [1.807, 2.05) is 37.3 Å². The molecule has 3 aromatic rings. The lowest BCUT2D eigenvalue weighted by Crippen LogP contribution is -1.90. The van der Waals surface area contributed by atoms with Gasteiger partial charge in [0.2, 0.25) is 0 Å². The third kappa shape index (κ3) is 2.05. The zero-order valence-corrected chi connectivity index (χ0v) is 10.9. The number of aromatic nitrogens is 1. The Morgan fingerprint density at radius 3 is 2.60 bits per heavy atom. The van der Waals surface area contributed by atoms with E-state index in [1.165, 1.54) is 12.1 Å². The molecule has 0 bridgehead atoms. The largest absolute Gasteiger partial charge is 0.380 e. The van der Waals surface area contributed by atoms with E-state index in [-0.39, 0.29) is 5.82 Å². The predicted octanol–water partition coefficient (Wildman–Crippen LogP) is 4.04. The number of nitrogen functional groups attached to an aromatic ring is 1. The lowest BCUT2D eigenvalue weighted by Gasteiger charge is -2.05. The van der Waals surface area contributed by atoms with Gasteiger partial charge < -0.3 is 10.3 Å². The summed E-state index contributed by atoms with van der Waals surface area (Å²) >= 11 is 0. The van der Waals surface area contributed by atoms with E-state index in [2.05, 4.69) is 5.16 Å². The Balaban J connectivity index is 2.24. The molecule has 0 radical (unpaired) electrons. The standard InChI is InChI=1S/C16H13FN2O/c1-10-7-8-12(17)9-13(10)15-14(16(18)19-20-15)11-5-3-2-4-6-11/h2-9H,1H3,(H2,18,19). The number of rotatable bonds is 2. The van der Waals surface area contributed by atoms with Gasteiger partial charge in [-0.25, -0.2) is 4.39 Å². The molecule has 3 rings (SSSR count). The number of hydrogen-bond acceptors (Lipinski definition) is 3. The number of nitrogens with two attached hydrogens (primary N) is 1. The van der Waals surface area contributed by atoms with Crippen LogP contribution >= 0.6 is 0 Å². The number of benzene rings is 2. The molecule has 0 aliphatic carbocycles. The maximum absolute atomic E-state index is 13.5. The molecule has 100 valence electrons. The van der Waals surface area contributed by atoms with Crippen LogP contribution in [0.1, 0.15) is 5.56 Å². The van der Waals surface area contributed by atoms with Gasteiger partial charge in [0.25, 0.3) is 0 Å². The minimum Gasteiger partial charge on any atom is -0.380 e. The highest BCUT2D eigenvalue weighted by atomic mass is 19.1. The lowest BCUT2D eigenvalue weighted by molar-refractivity contribution is 0.435. The van der Waals surface area contributed by atoms with E-state index in [4.69, 9.17) is 10.3 Å². The molecule has 0 saturated carbocycles. The molecule has 2 N–H and O–H groups in total. The third-order valence-corrected chi connectivity index (χ3v) is 3.23. The third-order valence-electron chi connectivity index (χ3n) is 3.23. The van der Waals surface area contributed by atoms with Crippen LogP contribution in [-0.4, -0.2) is 5.16 Å². The molecular weight excluding hydrogens is 255 g/mol. The molecule has 0 spiro atoms. The van der Waals surface area contributed by atoms with E-state index < -0.39 is 0 Å². The number of halogens is 1. The van der Waals surface area contributed by atoms with Gasteiger partial charge in [-0.3, -0.25) is 0 Å². The van der Waals surface area contributed by atoms with Crippen molar-refractivity contribution in [1.82, 2.24) is 5.16 Å². The van der Waals surface area contributed by atoms with Crippen molar-refractivity contribution >= 4 is 5.82 Å². The Hall–Kier alpha value is -2.62. The molecule has 1 aromatic heterocycles. The van der Waals surface area contributed by atoms with Crippen LogP contribution in [0.5, 0.6) is 0 Å². The highest BCUT2D eigenvalue weighted by molar-refractivity contribution is 5.87. The summed E-state index contributed by atoms with van der Waals surface area (Å²) < 4.78 is 18.8. The lowest BCUT2D eigenvalue weighted by atomic mass is 9.98. The van der Waals surface area contributed by atoms with Crippen molar-refractivity contribution in [2.45, 2.75) is 6.92 Å². The molecule has 3 nitrogen and oxygen atoms in total. The van der Waals surface area contributed by atoms with Crippen LogP contribution in [-0.2, 0) is 0 Å². The summed E-state index contributed by atoms with van der Waals surface area (Å²) in [5, 5.41) is 3.82. The summed E-state index contributed by atoms with van der Waals surface area (Å²) in [7, 11) is 0. The van der Waals surface area contributed by atoms with Crippen LogP contribution in [0.15, 0.2) is 53.1 Å². The minimum absolute atomic E-state index is 0.301. The molecule has 0 saturated heterocycles. The van der Waals surface area contributed by atoms with Gasteiger partial charge in [0.1, 0.15) is 5.82 Å². The van der Waals surface area contributed by atoms with Crippen molar-refractivity contribution in [2.24, 2.45) is 0 Å². The normalized spacial score (nSPS) is 10.7. The van der Waals surface area contributed by atoms with E-state index in [9.17, 15) is 4.39 Å². The van der Waals surface area contributed by atoms with Gasteiger partial charge in [-0.2, -0.15) is 0 Å². The molecule has 0 atom stereocenters. The average Bonchev–Trinajstić information content (AvgIpc) is 2.84. The van der Waals surface area contributed by atoms with Gasteiger partial charge in [0.05, 0.1) is 5.56 Å². The van der Waals surface area contributed by atoms with Crippen LogP contribution in [0.4, 0.5) is 10.2 Å². The SMILES string of the molecule is Cc1ccc(F)cc1-c1onc(N)c1-c1ccccc1. The highest BCUT2D eigenvalue weighted by Crippen LogP contribution is 2.37. The molecule has 2 aromatic carbocycles. The molecule has 0 unspecified atom stereocenters. The summed E-state index contributed by atoms with van der Waals surface area (Å²) in [6, 6.07) is 14.1. The zero-order valence-electron chi connectivity index (χ0n) is 10.9. The van der Waals surface area contributed by atoms with Gasteiger partial charge in [-0.1, -0.05) is 41.6 Å². The van der Waals surface area contributed by atoms with Crippen molar-refractivity contribution in [1.29, 1.82) is 0 Å².